The highest BCUT2D eigenvalue weighted by Gasteiger charge is 2.15. The maximum atomic E-state index is 12.8. The van der Waals surface area contributed by atoms with E-state index in [1.807, 2.05) is 43.3 Å². The lowest BCUT2D eigenvalue weighted by molar-refractivity contribution is -0.115. The Balaban J connectivity index is 1.75. The molecule has 164 valence electrons. The monoisotopic (exact) mass is 441 g/mol. The number of nitriles is 1. The summed E-state index contributed by atoms with van der Waals surface area (Å²) in [4.78, 5) is 27.7. The Bertz CT molecular complexity index is 1090. The van der Waals surface area contributed by atoms with Gasteiger partial charge in [-0.25, -0.2) is 0 Å². The Labute approximate surface area is 185 Å². The lowest BCUT2D eigenvalue weighted by Crippen LogP contribution is -2.38. The molecule has 0 radical (unpaired) electrons. The Hall–Kier alpha value is -2.93. The second-order valence-corrected chi connectivity index (χ2v) is 8.06. The number of carbonyl (C=O) groups is 1. The highest BCUT2D eigenvalue weighted by atomic mass is 32.1. The molecule has 0 unspecified atom stereocenters. The van der Waals surface area contributed by atoms with Gasteiger partial charge in [-0.3, -0.25) is 19.1 Å². The molecule has 9 heteroatoms. The molecule has 0 atom stereocenters. The number of thiazole rings is 1. The number of anilines is 1. The number of para-hydroxylation sites is 1. The molecule has 1 aromatic heterocycles. The number of carbonyl (C=O) groups excluding carboxylic acids is 1. The van der Waals surface area contributed by atoms with Crippen LogP contribution in [0.2, 0.25) is 0 Å². The molecule has 0 aliphatic carbocycles. The molecule has 2 heterocycles. The van der Waals surface area contributed by atoms with Crippen molar-refractivity contribution in [2.45, 2.75) is 19.9 Å². The van der Waals surface area contributed by atoms with Crippen LogP contribution in [-0.2, 0) is 16.1 Å². The zero-order valence-electron chi connectivity index (χ0n) is 17.6. The van der Waals surface area contributed by atoms with Gasteiger partial charge >= 0.3 is 0 Å². The third-order valence-electron chi connectivity index (χ3n) is 4.96. The molecule has 1 aliphatic rings. The SMILES string of the molecule is CCn1c(=C(C#N)C(=O)NCCCN2CCOCC2)sc(=CNc2ccccc2)c1=O. The Morgan fingerprint density at radius 2 is 2.03 bits per heavy atom. The molecule has 31 heavy (non-hydrogen) atoms. The maximum absolute atomic E-state index is 12.8. The van der Waals surface area contributed by atoms with E-state index >= 15 is 0 Å². The lowest BCUT2D eigenvalue weighted by atomic mass is 10.3. The zero-order valence-corrected chi connectivity index (χ0v) is 18.4. The molecule has 3 rings (SSSR count). The van der Waals surface area contributed by atoms with Gasteiger partial charge in [0.05, 0.1) is 13.2 Å². The smallest absolute Gasteiger partial charge is 0.270 e. The van der Waals surface area contributed by atoms with Crippen LogP contribution >= 0.6 is 11.3 Å². The average Bonchev–Trinajstić information content (AvgIpc) is 3.12. The van der Waals surface area contributed by atoms with Gasteiger partial charge in [0.2, 0.25) is 0 Å². The fourth-order valence-electron chi connectivity index (χ4n) is 3.29. The molecule has 2 aromatic rings. The molecule has 8 nitrogen and oxygen atoms in total. The van der Waals surface area contributed by atoms with Gasteiger partial charge in [0.25, 0.3) is 11.5 Å². The summed E-state index contributed by atoms with van der Waals surface area (Å²) in [5, 5.41) is 15.5. The number of aromatic nitrogens is 1. The van der Waals surface area contributed by atoms with E-state index in [-0.39, 0.29) is 11.1 Å². The molecule has 0 bridgehead atoms. The number of benzene rings is 1. The van der Waals surface area contributed by atoms with Crippen molar-refractivity contribution in [3.8, 4) is 6.07 Å². The highest BCUT2D eigenvalue weighted by Crippen LogP contribution is 2.04. The average molecular weight is 442 g/mol. The van der Waals surface area contributed by atoms with Crippen LogP contribution in [0.15, 0.2) is 35.1 Å². The molecule has 0 spiro atoms. The predicted octanol–water partition coefficient (Wildman–Crippen LogP) is 0.293. The summed E-state index contributed by atoms with van der Waals surface area (Å²) in [6.45, 7) is 6.82. The van der Waals surface area contributed by atoms with Gasteiger partial charge in [-0.2, -0.15) is 5.26 Å². The minimum atomic E-state index is -0.449. The topological polar surface area (TPSA) is 99.4 Å². The Morgan fingerprint density at radius 1 is 1.29 bits per heavy atom. The first-order valence-electron chi connectivity index (χ1n) is 10.4. The van der Waals surface area contributed by atoms with E-state index in [2.05, 4.69) is 15.5 Å². The number of nitrogens with zero attached hydrogens (tertiary/aromatic N) is 3. The fraction of sp³-hybridized carbons (Fsp3) is 0.409. The summed E-state index contributed by atoms with van der Waals surface area (Å²) in [5.41, 5.74) is 0.593. The second kappa shape index (κ2) is 11.5. The van der Waals surface area contributed by atoms with E-state index < -0.39 is 5.91 Å². The van der Waals surface area contributed by atoms with E-state index in [0.29, 0.717) is 22.3 Å². The maximum Gasteiger partial charge on any atom is 0.270 e. The van der Waals surface area contributed by atoms with Crippen molar-refractivity contribution in [2.24, 2.45) is 0 Å². The predicted molar refractivity (Wildman–Crippen MR) is 122 cm³/mol. The largest absolute Gasteiger partial charge is 0.379 e. The highest BCUT2D eigenvalue weighted by molar-refractivity contribution is 7.07. The molecule has 1 fully saturated rings. The van der Waals surface area contributed by atoms with E-state index in [1.54, 1.807) is 6.20 Å². The first kappa shape index (κ1) is 22.7. The molecule has 0 saturated carbocycles. The summed E-state index contributed by atoms with van der Waals surface area (Å²) in [5.74, 6) is -0.449. The van der Waals surface area contributed by atoms with Gasteiger partial charge in [-0.05, 0) is 32.0 Å². The molecule has 1 amide bonds. The number of nitrogens with one attached hydrogen (secondary N) is 2. The number of morpholine rings is 1. The minimum Gasteiger partial charge on any atom is -0.379 e. The van der Waals surface area contributed by atoms with Crippen molar-refractivity contribution in [1.82, 2.24) is 14.8 Å². The standard InChI is InChI=1S/C22H27N5O3S/c1-2-27-21(29)19(16-25-17-7-4-3-5-8-17)31-22(27)18(15-23)20(28)24-9-6-10-26-11-13-30-14-12-26/h3-5,7-8,16,25H,2,6,9-14H2,1H3,(H,24,28). The molecule has 1 aromatic carbocycles. The molecule has 1 saturated heterocycles. The Kier molecular flexibility index (Phi) is 8.41. The molecular weight excluding hydrogens is 414 g/mol. The Morgan fingerprint density at radius 3 is 2.71 bits per heavy atom. The van der Waals surface area contributed by atoms with Crippen LogP contribution in [-0.4, -0.2) is 54.8 Å². The van der Waals surface area contributed by atoms with E-state index in [4.69, 9.17) is 4.74 Å². The number of hydrogen-bond donors (Lipinski definition) is 2. The van der Waals surface area contributed by atoms with Crippen molar-refractivity contribution in [3.05, 3.63) is 49.9 Å². The number of rotatable bonds is 8. The van der Waals surface area contributed by atoms with Crippen LogP contribution in [0.3, 0.4) is 0 Å². The normalized spacial score (nSPS) is 15.9. The van der Waals surface area contributed by atoms with Gasteiger partial charge in [0.1, 0.15) is 15.3 Å². The quantitative estimate of drug-likeness (QED) is 0.572. The van der Waals surface area contributed by atoms with E-state index in [1.165, 1.54) is 4.57 Å². The third-order valence-corrected chi connectivity index (χ3v) is 6.09. The van der Waals surface area contributed by atoms with Crippen molar-refractivity contribution >= 4 is 34.7 Å². The summed E-state index contributed by atoms with van der Waals surface area (Å²) in [6.07, 6.45) is 2.41. The number of ether oxygens (including phenoxy) is 1. The van der Waals surface area contributed by atoms with E-state index in [9.17, 15) is 14.9 Å². The number of hydrogen-bond acceptors (Lipinski definition) is 7. The van der Waals surface area contributed by atoms with Gasteiger partial charge < -0.3 is 15.4 Å². The minimum absolute atomic E-state index is 0.0327. The molecule has 2 N–H and O–H groups in total. The zero-order chi connectivity index (χ0) is 22.1. The van der Waals surface area contributed by atoms with Crippen LogP contribution in [0.25, 0.3) is 11.8 Å². The van der Waals surface area contributed by atoms with Crippen molar-refractivity contribution in [2.75, 3.05) is 44.7 Å². The molecular formula is C22H27N5O3S. The summed E-state index contributed by atoms with van der Waals surface area (Å²) < 4.78 is 7.61. The van der Waals surface area contributed by atoms with Crippen LogP contribution in [0.1, 0.15) is 13.3 Å². The second-order valence-electron chi connectivity index (χ2n) is 7.03. The van der Waals surface area contributed by atoms with Gasteiger partial charge in [0, 0.05) is 38.1 Å². The van der Waals surface area contributed by atoms with Gasteiger partial charge in [-0.1, -0.05) is 18.2 Å². The first-order chi connectivity index (χ1) is 15.1. The van der Waals surface area contributed by atoms with Crippen molar-refractivity contribution in [3.63, 3.8) is 0 Å². The summed E-state index contributed by atoms with van der Waals surface area (Å²) in [7, 11) is 0. The van der Waals surface area contributed by atoms with Crippen LogP contribution < -0.4 is 25.4 Å². The lowest BCUT2D eigenvalue weighted by Gasteiger charge is -2.26. The van der Waals surface area contributed by atoms with Gasteiger partial charge in [-0.15, -0.1) is 11.3 Å². The third kappa shape index (κ3) is 6.04. The molecule has 1 aliphatic heterocycles. The van der Waals surface area contributed by atoms with Crippen molar-refractivity contribution < 1.29 is 9.53 Å². The fourth-order valence-corrected chi connectivity index (χ4v) is 4.38. The number of amides is 1. The summed E-state index contributed by atoms with van der Waals surface area (Å²) >= 11 is 1.14. The van der Waals surface area contributed by atoms with Gasteiger partial charge in [0.15, 0.2) is 5.57 Å². The van der Waals surface area contributed by atoms with Crippen LogP contribution in [0, 0.1) is 11.3 Å². The van der Waals surface area contributed by atoms with Crippen molar-refractivity contribution in [1.29, 1.82) is 5.26 Å². The first-order valence-corrected chi connectivity index (χ1v) is 11.2. The van der Waals surface area contributed by atoms with Crippen LogP contribution in [0.5, 0.6) is 0 Å². The summed E-state index contributed by atoms with van der Waals surface area (Å²) in [6, 6.07) is 11.5. The van der Waals surface area contributed by atoms with Crippen LogP contribution in [0.4, 0.5) is 5.69 Å². The van der Waals surface area contributed by atoms with E-state index in [0.717, 1.165) is 56.3 Å².